The molecule has 0 aliphatic rings. The number of unbranched alkanes of at least 4 members (excludes halogenated alkanes) is 1. The van der Waals surface area contributed by atoms with Crippen LogP contribution >= 0.6 is 0 Å². The van der Waals surface area contributed by atoms with Crippen molar-refractivity contribution in [2.24, 2.45) is 4.99 Å². The summed E-state index contributed by atoms with van der Waals surface area (Å²) in [5.41, 5.74) is 1.71. The van der Waals surface area contributed by atoms with Gasteiger partial charge in [0.25, 0.3) is 5.56 Å². The predicted molar refractivity (Wildman–Crippen MR) is 109 cm³/mol. The summed E-state index contributed by atoms with van der Waals surface area (Å²) in [5.74, 6) is -1.08. The molecule has 0 bridgehead atoms. The molecule has 3 aromatic rings. The molecule has 3 aromatic heterocycles. The number of esters is 1. The number of aryl methyl sites for hydroxylation is 2. The lowest BCUT2D eigenvalue weighted by molar-refractivity contribution is -0.116. The highest BCUT2D eigenvalue weighted by atomic mass is 16.5. The summed E-state index contributed by atoms with van der Waals surface area (Å²) in [6.07, 6.45) is 3.29. The Labute approximate surface area is 167 Å². The lowest BCUT2D eigenvalue weighted by Crippen LogP contribution is -2.32. The SMILES string of the molecule is CCCCn1c(=NC(C)=O)c(C(=O)OCC)cc2c(=O)n3cccc(C)c3nc21. The number of pyridine rings is 2. The normalized spacial score (nSPS) is 11.9. The van der Waals surface area contributed by atoms with Gasteiger partial charge in [-0.2, -0.15) is 4.99 Å². The van der Waals surface area contributed by atoms with Crippen LogP contribution in [0, 0.1) is 6.92 Å². The molecule has 152 valence electrons. The van der Waals surface area contributed by atoms with Gasteiger partial charge < -0.3 is 9.30 Å². The van der Waals surface area contributed by atoms with E-state index in [1.807, 2.05) is 19.9 Å². The van der Waals surface area contributed by atoms with Crippen molar-refractivity contribution < 1.29 is 14.3 Å². The fourth-order valence-corrected chi connectivity index (χ4v) is 3.24. The summed E-state index contributed by atoms with van der Waals surface area (Å²) >= 11 is 0. The van der Waals surface area contributed by atoms with Crippen molar-refractivity contribution in [3.63, 3.8) is 0 Å². The van der Waals surface area contributed by atoms with E-state index in [4.69, 9.17) is 9.72 Å². The predicted octanol–water partition coefficient (Wildman–Crippen LogP) is 2.38. The third-order valence-electron chi connectivity index (χ3n) is 4.60. The van der Waals surface area contributed by atoms with Gasteiger partial charge in [0.05, 0.1) is 12.0 Å². The maximum Gasteiger partial charge on any atom is 0.341 e. The molecule has 8 heteroatoms. The zero-order valence-corrected chi connectivity index (χ0v) is 17.1. The molecular weight excluding hydrogens is 372 g/mol. The highest BCUT2D eigenvalue weighted by Gasteiger charge is 2.19. The Morgan fingerprint density at radius 3 is 2.66 bits per heavy atom. The lowest BCUT2D eigenvalue weighted by atomic mass is 10.2. The Balaban J connectivity index is 2.55. The van der Waals surface area contributed by atoms with Crippen LogP contribution in [0.15, 0.2) is 34.2 Å². The Hall–Kier alpha value is -3.29. The molecule has 0 spiro atoms. The van der Waals surface area contributed by atoms with E-state index in [1.165, 1.54) is 17.4 Å². The summed E-state index contributed by atoms with van der Waals surface area (Å²) in [5, 5.41) is 0.273. The van der Waals surface area contributed by atoms with E-state index < -0.39 is 11.9 Å². The van der Waals surface area contributed by atoms with Crippen molar-refractivity contribution in [1.82, 2.24) is 14.0 Å². The molecule has 0 aromatic carbocycles. The van der Waals surface area contributed by atoms with Gasteiger partial charge in [0.15, 0.2) is 5.49 Å². The first-order valence-corrected chi connectivity index (χ1v) is 9.67. The largest absolute Gasteiger partial charge is 0.462 e. The average molecular weight is 396 g/mol. The number of amides is 1. The minimum Gasteiger partial charge on any atom is -0.462 e. The van der Waals surface area contributed by atoms with Gasteiger partial charge in [0.1, 0.15) is 16.9 Å². The van der Waals surface area contributed by atoms with Gasteiger partial charge in [-0.05, 0) is 38.0 Å². The van der Waals surface area contributed by atoms with Gasteiger partial charge in [0.2, 0.25) is 5.91 Å². The monoisotopic (exact) mass is 396 g/mol. The van der Waals surface area contributed by atoms with Crippen molar-refractivity contribution in [1.29, 1.82) is 0 Å². The standard InChI is InChI=1S/C21H24N4O4/c1-5-7-10-24-18-15(20(27)25-11-8-9-13(3)17(25)23-18)12-16(21(28)29-6-2)19(24)22-14(4)26/h8-9,11-12H,5-7,10H2,1-4H3. The topological polar surface area (TPSA) is 95.0 Å². The molecule has 1 amide bonds. The van der Waals surface area contributed by atoms with Gasteiger partial charge in [-0.1, -0.05) is 19.4 Å². The van der Waals surface area contributed by atoms with E-state index in [1.54, 1.807) is 23.8 Å². The number of rotatable bonds is 5. The molecule has 0 fully saturated rings. The van der Waals surface area contributed by atoms with Crippen LogP contribution in [0.1, 0.15) is 49.5 Å². The quantitative estimate of drug-likeness (QED) is 0.487. The van der Waals surface area contributed by atoms with Crippen molar-refractivity contribution in [2.45, 2.75) is 47.1 Å². The number of hydrogen-bond donors (Lipinski definition) is 0. The Morgan fingerprint density at radius 2 is 2.00 bits per heavy atom. The van der Waals surface area contributed by atoms with Gasteiger partial charge in [-0.25, -0.2) is 9.78 Å². The van der Waals surface area contributed by atoms with E-state index in [0.717, 1.165) is 18.4 Å². The fourth-order valence-electron chi connectivity index (χ4n) is 3.24. The number of carbonyl (C=O) groups excluding carboxylic acids is 2. The molecule has 0 N–H and O–H groups in total. The van der Waals surface area contributed by atoms with Crippen molar-refractivity contribution in [3.05, 3.63) is 51.4 Å². The van der Waals surface area contributed by atoms with Crippen LogP contribution in [0.2, 0.25) is 0 Å². The van der Waals surface area contributed by atoms with Crippen LogP contribution < -0.4 is 11.0 Å². The molecule has 3 rings (SSSR count). The Kier molecular flexibility index (Phi) is 5.91. The first kappa shape index (κ1) is 20.4. The van der Waals surface area contributed by atoms with E-state index in [2.05, 4.69) is 4.99 Å². The summed E-state index contributed by atoms with van der Waals surface area (Å²) in [6, 6.07) is 5.08. The Bertz CT molecular complexity index is 1240. The van der Waals surface area contributed by atoms with Crippen LogP contribution in [0.4, 0.5) is 0 Å². The van der Waals surface area contributed by atoms with E-state index >= 15 is 0 Å². The third kappa shape index (κ3) is 3.83. The van der Waals surface area contributed by atoms with E-state index in [-0.39, 0.29) is 28.6 Å². The molecule has 8 nitrogen and oxygen atoms in total. The van der Waals surface area contributed by atoms with Gasteiger partial charge >= 0.3 is 5.97 Å². The second-order valence-corrected chi connectivity index (χ2v) is 6.78. The highest BCUT2D eigenvalue weighted by Crippen LogP contribution is 2.14. The number of aromatic nitrogens is 3. The minimum absolute atomic E-state index is 0.0807. The molecule has 0 saturated carbocycles. The van der Waals surface area contributed by atoms with E-state index in [9.17, 15) is 14.4 Å². The van der Waals surface area contributed by atoms with Crippen molar-refractivity contribution in [3.8, 4) is 0 Å². The molecule has 0 radical (unpaired) electrons. The lowest BCUT2D eigenvalue weighted by Gasteiger charge is -2.15. The molecule has 0 saturated heterocycles. The third-order valence-corrected chi connectivity index (χ3v) is 4.60. The van der Waals surface area contributed by atoms with Gasteiger partial charge in [-0.3, -0.25) is 14.0 Å². The van der Waals surface area contributed by atoms with Crippen LogP contribution in [0.3, 0.4) is 0 Å². The first-order chi connectivity index (χ1) is 13.9. The summed E-state index contributed by atoms with van der Waals surface area (Å²) in [4.78, 5) is 46.4. The number of ether oxygens (including phenoxy) is 1. The summed E-state index contributed by atoms with van der Waals surface area (Å²) in [6.45, 7) is 7.54. The minimum atomic E-state index is -0.631. The molecule has 29 heavy (non-hydrogen) atoms. The summed E-state index contributed by atoms with van der Waals surface area (Å²) in [7, 11) is 0. The van der Waals surface area contributed by atoms with Crippen molar-refractivity contribution in [2.75, 3.05) is 6.61 Å². The average Bonchev–Trinajstić information content (AvgIpc) is 2.67. The fraction of sp³-hybridized carbons (Fsp3) is 0.381. The highest BCUT2D eigenvalue weighted by molar-refractivity contribution is 5.93. The Morgan fingerprint density at radius 1 is 1.24 bits per heavy atom. The number of nitrogens with zero attached hydrogens (tertiary/aromatic N) is 4. The van der Waals surface area contributed by atoms with Crippen molar-refractivity contribution >= 4 is 28.6 Å². The zero-order chi connectivity index (χ0) is 21.1. The van der Waals surface area contributed by atoms with Crippen LogP contribution in [-0.4, -0.2) is 32.4 Å². The summed E-state index contributed by atoms with van der Waals surface area (Å²) < 4.78 is 8.29. The van der Waals surface area contributed by atoms with Gasteiger partial charge in [-0.15, -0.1) is 0 Å². The molecule has 3 heterocycles. The molecule has 0 unspecified atom stereocenters. The van der Waals surface area contributed by atoms with Crippen LogP contribution in [0.25, 0.3) is 16.7 Å². The second-order valence-electron chi connectivity index (χ2n) is 6.78. The second kappa shape index (κ2) is 8.38. The molecular formula is C21H24N4O4. The molecule has 0 aliphatic carbocycles. The smallest absolute Gasteiger partial charge is 0.341 e. The molecule has 0 aliphatic heterocycles. The number of hydrogen-bond acceptors (Lipinski definition) is 5. The van der Waals surface area contributed by atoms with Crippen LogP contribution in [0.5, 0.6) is 0 Å². The number of carbonyl (C=O) groups is 2. The van der Waals surface area contributed by atoms with Crippen LogP contribution in [-0.2, 0) is 16.1 Å². The zero-order valence-electron chi connectivity index (χ0n) is 17.1. The van der Waals surface area contributed by atoms with Gasteiger partial charge in [0, 0.05) is 19.7 Å². The van der Waals surface area contributed by atoms with E-state index in [0.29, 0.717) is 17.8 Å². The maximum atomic E-state index is 13.2. The maximum absolute atomic E-state index is 13.2. The number of fused-ring (bicyclic) bond motifs is 2. The molecule has 0 atom stereocenters. The first-order valence-electron chi connectivity index (χ1n) is 9.67.